The molecule has 1 aliphatic carbocycles. The van der Waals surface area contributed by atoms with Gasteiger partial charge in [-0.15, -0.1) is 0 Å². The van der Waals surface area contributed by atoms with Crippen molar-refractivity contribution in [3.63, 3.8) is 0 Å². The van der Waals surface area contributed by atoms with E-state index >= 15 is 0 Å². The fourth-order valence-electron chi connectivity index (χ4n) is 4.06. The highest BCUT2D eigenvalue weighted by Crippen LogP contribution is 2.37. The first-order valence-corrected chi connectivity index (χ1v) is 12.4. The Hall–Kier alpha value is -3.66. The van der Waals surface area contributed by atoms with Gasteiger partial charge in [-0.3, -0.25) is 0 Å². The zero-order chi connectivity index (χ0) is 26.6. The lowest BCUT2D eigenvalue weighted by molar-refractivity contribution is 0.0492. The van der Waals surface area contributed by atoms with E-state index in [9.17, 15) is 9.18 Å². The third-order valence-electron chi connectivity index (χ3n) is 5.70. The van der Waals surface area contributed by atoms with Gasteiger partial charge < -0.3 is 25.8 Å². The maximum absolute atomic E-state index is 14.4. The second-order valence-electron chi connectivity index (χ2n) is 9.88. The molecule has 11 heteroatoms. The fraction of sp³-hybridized carbons (Fsp3) is 0.385. The molecule has 0 radical (unpaired) electrons. The Morgan fingerprint density at radius 3 is 2.54 bits per heavy atom. The number of carbonyl (C=O) groups excluding carboxylic acids is 1. The average molecular weight is 529 g/mol. The number of nitrogens with zero attached hydrogens (tertiary/aromatic N) is 3. The minimum Gasteiger partial charge on any atom is -0.444 e. The van der Waals surface area contributed by atoms with Crippen LogP contribution < -0.4 is 21.1 Å². The Labute approximate surface area is 220 Å². The fourth-order valence-corrected chi connectivity index (χ4v) is 4.31. The highest BCUT2D eigenvalue weighted by atomic mass is 35.5. The Kier molecular flexibility index (Phi) is 7.97. The second kappa shape index (κ2) is 11.2. The zero-order valence-electron chi connectivity index (χ0n) is 20.9. The molecule has 9 nitrogen and oxygen atoms in total. The summed E-state index contributed by atoms with van der Waals surface area (Å²) in [5, 5.41) is 6.36. The molecule has 2 aromatic heterocycles. The number of nitrogen functional groups attached to an aromatic ring is 1. The van der Waals surface area contributed by atoms with E-state index in [1.165, 1.54) is 12.3 Å². The molecular weight excluding hydrogens is 499 g/mol. The molecule has 37 heavy (non-hydrogen) atoms. The van der Waals surface area contributed by atoms with E-state index in [1.54, 1.807) is 24.4 Å². The molecule has 3 aromatic rings. The maximum Gasteiger partial charge on any atom is 0.407 e. The van der Waals surface area contributed by atoms with Crippen LogP contribution in [0.1, 0.15) is 46.5 Å². The van der Waals surface area contributed by atoms with Crippen LogP contribution in [-0.2, 0) is 4.74 Å². The summed E-state index contributed by atoms with van der Waals surface area (Å²) in [6, 6.07) is 7.98. The Balaban J connectivity index is 1.42. The highest BCUT2D eigenvalue weighted by molar-refractivity contribution is 6.32. The largest absolute Gasteiger partial charge is 0.444 e. The van der Waals surface area contributed by atoms with Gasteiger partial charge in [0.15, 0.2) is 11.6 Å². The SMILES string of the molecule is CC(C)(C)OC(=O)N[C@H]1CC[C@H](Nc2nccc(-c3cccnc3Oc3c(F)cc(N)cc3Cl)n2)CC1. The van der Waals surface area contributed by atoms with Crippen LogP contribution in [0.5, 0.6) is 11.6 Å². The standard InChI is InChI=1S/C26H30ClFN6O3/c1-26(2,3)37-25(35)33-17-8-6-16(7-9-17)32-24-31-12-10-21(34-24)18-5-4-11-30-23(18)36-22-19(27)13-15(29)14-20(22)28/h4-5,10-14,16-17H,6-9,29H2,1-3H3,(H,33,35)(H,31,32,34)/t16-,17-. The van der Waals surface area contributed by atoms with Gasteiger partial charge in [-0.2, -0.15) is 0 Å². The van der Waals surface area contributed by atoms with E-state index < -0.39 is 17.5 Å². The van der Waals surface area contributed by atoms with Gasteiger partial charge in [0.25, 0.3) is 0 Å². The van der Waals surface area contributed by atoms with Crippen LogP contribution in [0.25, 0.3) is 11.3 Å². The molecular formula is C26H30ClFN6O3. The van der Waals surface area contributed by atoms with Crippen LogP contribution in [-0.4, -0.2) is 38.7 Å². The lowest BCUT2D eigenvalue weighted by Crippen LogP contribution is -2.42. The molecule has 4 rings (SSSR count). The van der Waals surface area contributed by atoms with Crippen LogP contribution in [0.4, 0.5) is 20.8 Å². The molecule has 4 N–H and O–H groups in total. The number of anilines is 2. The Bertz CT molecular complexity index is 1240. The maximum atomic E-state index is 14.4. The quantitative estimate of drug-likeness (QED) is 0.335. The first-order chi connectivity index (χ1) is 17.6. The summed E-state index contributed by atoms with van der Waals surface area (Å²) in [7, 11) is 0. The topological polar surface area (TPSA) is 124 Å². The van der Waals surface area contributed by atoms with Crippen molar-refractivity contribution in [3.05, 3.63) is 53.6 Å². The van der Waals surface area contributed by atoms with Crippen molar-refractivity contribution in [3.8, 4) is 22.9 Å². The summed E-state index contributed by atoms with van der Waals surface area (Å²) < 4.78 is 25.5. The van der Waals surface area contributed by atoms with Crippen molar-refractivity contribution < 1.29 is 18.7 Å². The summed E-state index contributed by atoms with van der Waals surface area (Å²) in [4.78, 5) is 25.3. The number of rotatable bonds is 6. The third kappa shape index (κ3) is 7.19. The van der Waals surface area contributed by atoms with E-state index in [0.717, 1.165) is 31.7 Å². The number of carbonyl (C=O) groups is 1. The highest BCUT2D eigenvalue weighted by Gasteiger charge is 2.25. The van der Waals surface area contributed by atoms with E-state index in [4.69, 9.17) is 26.8 Å². The lowest BCUT2D eigenvalue weighted by Gasteiger charge is -2.30. The average Bonchev–Trinajstić information content (AvgIpc) is 2.82. The van der Waals surface area contributed by atoms with Gasteiger partial charge in [0, 0.05) is 36.2 Å². The van der Waals surface area contributed by atoms with Crippen molar-refractivity contribution in [1.29, 1.82) is 0 Å². The van der Waals surface area contributed by atoms with Gasteiger partial charge in [0.05, 0.1) is 16.3 Å². The van der Waals surface area contributed by atoms with Crippen LogP contribution in [0.15, 0.2) is 42.7 Å². The number of halogens is 2. The van der Waals surface area contributed by atoms with Crippen molar-refractivity contribution >= 4 is 29.3 Å². The van der Waals surface area contributed by atoms with Gasteiger partial charge in [-0.1, -0.05) is 11.6 Å². The molecule has 0 aliphatic heterocycles. The Morgan fingerprint density at radius 1 is 1.11 bits per heavy atom. The molecule has 1 amide bonds. The first kappa shape index (κ1) is 26.4. The smallest absolute Gasteiger partial charge is 0.407 e. The minimum absolute atomic E-state index is 0.0379. The summed E-state index contributed by atoms with van der Waals surface area (Å²) in [5.41, 5.74) is 6.40. The monoisotopic (exact) mass is 528 g/mol. The number of amides is 1. The second-order valence-corrected chi connectivity index (χ2v) is 10.3. The molecule has 0 bridgehead atoms. The van der Waals surface area contributed by atoms with Gasteiger partial charge in [-0.05, 0) is 70.7 Å². The van der Waals surface area contributed by atoms with Crippen LogP contribution in [0.3, 0.4) is 0 Å². The molecule has 1 fully saturated rings. The number of nitrogens with one attached hydrogen (secondary N) is 2. The van der Waals surface area contributed by atoms with Crippen LogP contribution in [0, 0.1) is 5.82 Å². The molecule has 0 unspecified atom stereocenters. The third-order valence-corrected chi connectivity index (χ3v) is 5.98. The first-order valence-electron chi connectivity index (χ1n) is 12.0. The van der Waals surface area contributed by atoms with Crippen molar-refractivity contribution in [2.45, 2.75) is 64.1 Å². The predicted molar refractivity (Wildman–Crippen MR) is 140 cm³/mol. The van der Waals surface area contributed by atoms with E-state index in [0.29, 0.717) is 17.2 Å². The van der Waals surface area contributed by atoms with E-state index in [-0.39, 0.29) is 34.4 Å². The Morgan fingerprint density at radius 2 is 1.84 bits per heavy atom. The van der Waals surface area contributed by atoms with E-state index in [2.05, 4.69) is 25.6 Å². The normalized spacial score (nSPS) is 17.6. The molecule has 196 valence electrons. The summed E-state index contributed by atoms with van der Waals surface area (Å²) in [6.07, 6.45) is 6.07. The van der Waals surface area contributed by atoms with Crippen molar-refractivity contribution in [2.24, 2.45) is 0 Å². The molecule has 0 saturated heterocycles. The lowest BCUT2D eigenvalue weighted by atomic mass is 9.91. The summed E-state index contributed by atoms with van der Waals surface area (Å²) in [5.74, 6) is -0.262. The molecule has 1 aromatic carbocycles. The number of hydrogen-bond acceptors (Lipinski definition) is 8. The number of alkyl carbamates (subject to hydrolysis) is 1. The molecule has 0 spiro atoms. The number of aromatic nitrogens is 3. The number of ether oxygens (including phenoxy) is 2. The van der Waals surface area contributed by atoms with Gasteiger partial charge >= 0.3 is 6.09 Å². The molecule has 0 atom stereocenters. The van der Waals surface area contributed by atoms with Crippen molar-refractivity contribution in [1.82, 2.24) is 20.3 Å². The predicted octanol–water partition coefficient (Wildman–Crippen LogP) is 5.95. The number of hydrogen-bond donors (Lipinski definition) is 3. The van der Waals surface area contributed by atoms with Gasteiger partial charge in [0.1, 0.15) is 5.60 Å². The molecule has 2 heterocycles. The number of benzene rings is 1. The van der Waals surface area contributed by atoms with E-state index in [1.807, 2.05) is 20.8 Å². The van der Waals surface area contributed by atoms with Crippen LogP contribution >= 0.6 is 11.6 Å². The number of pyridine rings is 1. The summed E-state index contributed by atoms with van der Waals surface area (Å²) in [6.45, 7) is 5.52. The van der Waals surface area contributed by atoms with Crippen LogP contribution in [0.2, 0.25) is 5.02 Å². The molecule has 1 aliphatic rings. The van der Waals surface area contributed by atoms with Crippen molar-refractivity contribution in [2.75, 3.05) is 11.1 Å². The zero-order valence-corrected chi connectivity index (χ0v) is 21.7. The van der Waals surface area contributed by atoms with Gasteiger partial charge in [-0.25, -0.2) is 24.1 Å². The number of nitrogens with two attached hydrogens (primary N) is 1. The molecule has 1 saturated carbocycles. The van der Waals surface area contributed by atoms with Gasteiger partial charge in [0.2, 0.25) is 11.8 Å². The minimum atomic E-state index is -0.691. The summed E-state index contributed by atoms with van der Waals surface area (Å²) >= 11 is 6.14.